The fourth-order valence-electron chi connectivity index (χ4n) is 2.45. The fourth-order valence-corrected chi connectivity index (χ4v) is 3.01. The third-order valence-corrected chi connectivity index (χ3v) is 4.62. The van der Waals surface area contributed by atoms with Crippen molar-refractivity contribution in [1.29, 1.82) is 0 Å². The van der Waals surface area contributed by atoms with Crippen LogP contribution < -0.4 is 4.74 Å². The van der Waals surface area contributed by atoms with Crippen LogP contribution in [0.5, 0.6) is 5.75 Å². The Morgan fingerprint density at radius 3 is 2.95 bits per heavy atom. The number of carbonyl (C=O) groups is 1. The molecule has 1 atom stereocenters. The molecular formula is C16H20BrNO3. The molecule has 1 unspecified atom stereocenters. The van der Waals surface area contributed by atoms with Crippen molar-refractivity contribution >= 4 is 21.8 Å². The Morgan fingerprint density at radius 2 is 2.38 bits per heavy atom. The monoisotopic (exact) mass is 353 g/mol. The van der Waals surface area contributed by atoms with E-state index in [2.05, 4.69) is 22.5 Å². The topological polar surface area (TPSA) is 49.8 Å². The van der Waals surface area contributed by atoms with E-state index in [1.54, 1.807) is 12.0 Å². The number of hydrogen-bond acceptors (Lipinski definition) is 3. The molecule has 1 amide bonds. The Morgan fingerprint density at radius 1 is 1.62 bits per heavy atom. The highest BCUT2D eigenvalue weighted by atomic mass is 79.9. The minimum atomic E-state index is -0.920. The predicted octanol–water partition coefficient (Wildman–Crippen LogP) is 2.54. The van der Waals surface area contributed by atoms with Crippen molar-refractivity contribution in [2.75, 3.05) is 20.2 Å². The van der Waals surface area contributed by atoms with Crippen molar-refractivity contribution in [3.05, 3.63) is 40.9 Å². The first-order chi connectivity index (χ1) is 9.97. The zero-order valence-corrected chi connectivity index (χ0v) is 13.7. The number of likely N-dealkylation sites (tertiary alicyclic amines) is 1. The highest BCUT2D eigenvalue weighted by Gasteiger charge is 2.35. The number of rotatable bonds is 5. The van der Waals surface area contributed by atoms with Gasteiger partial charge in [-0.15, -0.1) is 6.58 Å². The molecule has 1 aliphatic rings. The van der Waals surface area contributed by atoms with Gasteiger partial charge < -0.3 is 14.7 Å². The number of ether oxygens (including phenoxy) is 1. The molecule has 1 N–H and O–H groups in total. The average Bonchev–Trinajstić information content (AvgIpc) is 2.89. The van der Waals surface area contributed by atoms with Crippen LogP contribution in [0.3, 0.4) is 0 Å². The summed E-state index contributed by atoms with van der Waals surface area (Å²) in [5, 5.41) is 10.1. The highest BCUT2D eigenvalue weighted by molar-refractivity contribution is 9.10. The minimum absolute atomic E-state index is 0.0653. The SMILES string of the molecule is C=CC1(O)CCN(C(=O)CCc2ccc(OC)cc2Br)C1. The van der Waals surface area contributed by atoms with Crippen molar-refractivity contribution in [3.63, 3.8) is 0 Å². The van der Waals surface area contributed by atoms with Gasteiger partial charge in [0, 0.05) is 17.4 Å². The molecule has 0 aromatic heterocycles. The zero-order valence-electron chi connectivity index (χ0n) is 12.1. The van der Waals surface area contributed by atoms with Gasteiger partial charge in [-0.25, -0.2) is 0 Å². The van der Waals surface area contributed by atoms with E-state index in [0.29, 0.717) is 32.4 Å². The maximum absolute atomic E-state index is 12.2. The molecule has 1 fully saturated rings. The average molecular weight is 354 g/mol. The molecule has 4 nitrogen and oxygen atoms in total. The molecule has 1 heterocycles. The maximum Gasteiger partial charge on any atom is 0.223 e. The molecule has 2 rings (SSSR count). The Hall–Kier alpha value is -1.33. The van der Waals surface area contributed by atoms with Crippen LogP contribution in [-0.2, 0) is 11.2 Å². The summed E-state index contributed by atoms with van der Waals surface area (Å²) in [6, 6.07) is 5.74. The summed E-state index contributed by atoms with van der Waals surface area (Å²) in [5.74, 6) is 0.850. The third-order valence-electron chi connectivity index (χ3n) is 3.88. The summed E-state index contributed by atoms with van der Waals surface area (Å²) in [7, 11) is 1.62. The van der Waals surface area contributed by atoms with Gasteiger partial charge in [0.2, 0.25) is 5.91 Å². The predicted molar refractivity (Wildman–Crippen MR) is 85.4 cm³/mol. The summed E-state index contributed by atoms with van der Waals surface area (Å²) < 4.78 is 6.09. The standard InChI is InChI=1S/C16H20BrNO3/c1-3-16(20)8-9-18(11-16)15(19)7-5-12-4-6-13(21-2)10-14(12)17/h3-4,6,10,20H,1,5,7-9,11H2,2H3. The Balaban J connectivity index is 1.91. The number of nitrogens with zero attached hydrogens (tertiary/aromatic N) is 1. The van der Waals surface area contributed by atoms with E-state index in [0.717, 1.165) is 15.8 Å². The number of benzene rings is 1. The van der Waals surface area contributed by atoms with Gasteiger partial charge in [-0.3, -0.25) is 4.79 Å². The van der Waals surface area contributed by atoms with Crippen LogP contribution in [0.4, 0.5) is 0 Å². The van der Waals surface area contributed by atoms with Crippen LogP contribution in [0.25, 0.3) is 0 Å². The van der Waals surface area contributed by atoms with Crippen molar-refractivity contribution in [3.8, 4) is 5.75 Å². The molecule has 0 bridgehead atoms. The van der Waals surface area contributed by atoms with Crippen LogP contribution in [0.1, 0.15) is 18.4 Å². The molecule has 0 spiro atoms. The third kappa shape index (κ3) is 3.86. The van der Waals surface area contributed by atoms with E-state index in [-0.39, 0.29) is 5.91 Å². The molecule has 1 aromatic rings. The Kier molecular flexibility index (Phi) is 5.06. The summed E-state index contributed by atoms with van der Waals surface area (Å²) in [5.41, 5.74) is 0.151. The van der Waals surface area contributed by atoms with Crippen molar-refractivity contribution in [2.24, 2.45) is 0 Å². The summed E-state index contributed by atoms with van der Waals surface area (Å²) >= 11 is 3.49. The van der Waals surface area contributed by atoms with Gasteiger partial charge in [0.25, 0.3) is 0 Å². The molecule has 0 aliphatic carbocycles. The van der Waals surface area contributed by atoms with Crippen LogP contribution in [0.15, 0.2) is 35.3 Å². The second kappa shape index (κ2) is 6.62. The zero-order chi connectivity index (χ0) is 15.5. The summed E-state index contributed by atoms with van der Waals surface area (Å²) in [6.45, 7) is 4.56. The molecule has 1 aromatic carbocycles. The van der Waals surface area contributed by atoms with Gasteiger partial charge in [0.1, 0.15) is 11.4 Å². The number of halogens is 1. The van der Waals surface area contributed by atoms with E-state index < -0.39 is 5.60 Å². The number of aryl methyl sites for hydroxylation is 1. The first kappa shape index (κ1) is 16.0. The fraction of sp³-hybridized carbons (Fsp3) is 0.438. The van der Waals surface area contributed by atoms with E-state index in [1.165, 1.54) is 6.08 Å². The summed E-state index contributed by atoms with van der Waals surface area (Å²) in [4.78, 5) is 13.9. The van der Waals surface area contributed by atoms with Crippen LogP contribution in [0, 0.1) is 0 Å². The van der Waals surface area contributed by atoms with Gasteiger partial charge >= 0.3 is 0 Å². The number of β-amino-alcohol motifs (C(OH)–C–C–N with tert-alkyl or cyclic N) is 1. The quantitative estimate of drug-likeness (QED) is 0.827. The lowest BCUT2D eigenvalue weighted by atomic mass is 10.0. The molecule has 21 heavy (non-hydrogen) atoms. The van der Waals surface area contributed by atoms with E-state index in [1.807, 2.05) is 18.2 Å². The van der Waals surface area contributed by atoms with Crippen molar-refractivity contribution < 1.29 is 14.6 Å². The van der Waals surface area contributed by atoms with Crippen molar-refractivity contribution in [1.82, 2.24) is 4.90 Å². The van der Waals surface area contributed by atoms with Gasteiger partial charge in [0.15, 0.2) is 0 Å². The van der Waals surface area contributed by atoms with Crippen LogP contribution in [-0.4, -0.2) is 41.7 Å². The molecule has 0 radical (unpaired) electrons. The smallest absolute Gasteiger partial charge is 0.223 e. The first-order valence-corrected chi connectivity index (χ1v) is 7.73. The first-order valence-electron chi connectivity index (χ1n) is 6.93. The van der Waals surface area contributed by atoms with E-state index in [4.69, 9.17) is 4.74 Å². The highest BCUT2D eigenvalue weighted by Crippen LogP contribution is 2.26. The molecule has 1 saturated heterocycles. The van der Waals surface area contributed by atoms with Crippen LogP contribution >= 0.6 is 15.9 Å². The van der Waals surface area contributed by atoms with Gasteiger partial charge in [-0.05, 0) is 30.5 Å². The molecule has 5 heteroatoms. The molecular weight excluding hydrogens is 334 g/mol. The molecule has 114 valence electrons. The molecule has 0 saturated carbocycles. The Bertz CT molecular complexity index is 546. The largest absolute Gasteiger partial charge is 0.497 e. The lowest BCUT2D eigenvalue weighted by Crippen LogP contribution is -2.34. The van der Waals surface area contributed by atoms with E-state index in [9.17, 15) is 9.90 Å². The summed E-state index contributed by atoms with van der Waals surface area (Å²) in [6.07, 6.45) is 3.18. The maximum atomic E-state index is 12.2. The van der Waals surface area contributed by atoms with Crippen LogP contribution in [0.2, 0.25) is 0 Å². The number of aliphatic hydroxyl groups is 1. The second-order valence-corrected chi connectivity index (χ2v) is 6.18. The minimum Gasteiger partial charge on any atom is -0.497 e. The van der Waals surface area contributed by atoms with Crippen molar-refractivity contribution in [2.45, 2.75) is 24.9 Å². The Labute approximate surface area is 133 Å². The lowest BCUT2D eigenvalue weighted by molar-refractivity contribution is -0.130. The second-order valence-electron chi connectivity index (χ2n) is 5.33. The number of carbonyl (C=O) groups excluding carboxylic acids is 1. The number of methoxy groups -OCH3 is 1. The number of hydrogen-bond donors (Lipinski definition) is 1. The van der Waals surface area contributed by atoms with Gasteiger partial charge in [-0.2, -0.15) is 0 Å². The van der Waals surface area contributed by atoms with Gasteiger partial charge in [-0.1, -0.05) is 28.1 Å². The number of amides is 1. The normalized spacial score (nSPS) is 21.4. The lowest BCUT2D eigenvalue weighted by Gasteiger charge is -2.19. The van der Waals surface area contributed by atoms with E-state index >= 15 is 0 Å². The molecule has 1 aliphatic heterocycles. The van der Waals surface area contributed by atoms with Gasteiger partial charge in [0.05, 0.1) is 13.7 Å².